The van der Waals surface area contributed by atoms with Gasteiger partial charge in [0, 0.05) is 18.0 Å². The van der Waals surface area contributed by atoms with Crippen LogP contribution >= 0.6 is 11.6 Å². The van der Waals surface area contributed by atoms with Crippen molar-refractivity contribution in [3.63, 3.8) is 0 Å². The predicted molar refractivity (Wildman–Crippen MR) is 72.8 cm³/mol. The normalized spacial score (nSPS) is 12.6. The first-order chi connectivity index (χ1) is 8.72. The number of nitrogens with zero attached hydrogens (tertiary/aromatic N) is 1. The van der Waals surface area contributed by atoms with Crippen molar-refractivity contribution in [2.75, 3.05) is 6.54 Å². The molecule has 1 atom stereocenters. The zero-order valence-corrected chi connectivity index (χ0v) is 11.4. The molecule has 2 aromatic heterocycles. The molecule has 0 spiro atoms. The molecule has 0 saturated heterocycles. The fourth-order valence-electron chi connectivity index (χ4n) is 1.94. The Bertz CT molecular complexity index is 510. The van der Waals surface area contributed by atoms with Crippen molar-refractivity contribution in [3.05, 3.63) is 52.7 Å². The van der Waals surface area contributed by atoms with Crippen molar-refractivity contribution in [2.45, 2.75) is 26.3 Å². The van der Waals surface area contributed by atoms with Crippen molar-refractivity contribution < 1.29 is 4.42 Å². The summed E-state index contributed by atoms with van der Waals surface area (Å²) in [6.07, 6.45) is 6.38. The minimum atomic E-state index is 0.0311. The van der Waals surface area contributed by atoms with Crippen molar-refractivity contribution in [1.29, 1.82) is 0 Å². The SMILES string of the molecule is CCCNC(c1cncc(C)c1)c1ccoc1Cl. The van der Waals surface area contributed by atoms with Crippen LogP contribution in [-0.4, -0.2) is 11.5 Å². The Morgan fingerprint density at radius 3 is 2.89 bits per heavy atom. The molecule has 1 unspecified atom stereocenters. The molecule has 0 amide bonds. The van der Waals surface area contributed by atoms with E-state index in [1.165, 1.54) is 0 Å². The second kappa shape index (κ2) is 6.03. The molecule has 0 aliphatic carbocycles. The smallest absolute Gasteiger partial charge is 0.198 e. The maximum atomic E-state index is 6.08. The molecule has 2 rings (SSSR count). The number of aromatic nitrogens is 1. The third-order valence-corrected chi connectivity index (χ3v) is 3.09. The van der Waals surface area contributed by atoms with Crippen LogP contribution < -0.4 is 5.32 Å². The molecule has 3 nitrogen and oxygen atoms in total. The standard InChI is InChI=1S/C14H17ClN2O/c1-3-5-17-13(12-4-6-18-14(12)15)11-7-10(2)8-16-9-11/h4,6-9,13,17H,3,5H2,1-2H3. The Kier molecular flexibility index (Phi) is 4.39. The van der Waals surface area contributed by atoms with E-state index in [0.29, 0.717) is 5.22 Å². The van der Waals surface area contributed by atoms with Crippen LogP contribution in [0.25, 0.3) is 0 Å². The van der Waals surface area contributed by atoms with Crippen LogP contribution in [0, 0.1) is 6.92 Å². The Hall–Kier alpha value is -1.32. The fourth-order valence-corrected chi connectivity index (χ4v) is 2.17. The van der Waals surface area contributed by atoms with E-state index in [9.17, 15) is 0 Å². The van der Waals surface area contributed by atoms with Gasteiger partial charge in [0.05, 0.1) is 12.3 Å². The summed E-state index contributed by atoms with van der Waals surface area (Å²) in [5.74, 6) is 0. The third kappa shape index (κ3) is 2.92. The molecule has 2 heterocycles. The van der Waals surface area contributed by atoms with Gasteiger partial charge in [-0.05, 0) is 48.7 Å². The minimum Gasteiger partial charge on any atom is -0.453 e. The van der Waals surface area contributed by atoms with Gasteiger partial charge in [-0.1, -0.05) is 13.0 Å². The number of aryl methyl sites for hydroxylation is 1. The molecule has 0 aliphatic rings. The number of nitrogens with one attached hydrogen (secondary N) is 1. The van der Waals surface area contributed by atoms with Crippen molar-refractivity contribution in [2.24, 2.45) is 0 Å². The Morgan fingerprint density at radius 2 is 2.28 bits per heavy atom. The van der Waals surface area contributed by atoms with Gasteiger partial charge < -0.3 is 9.73 Å². The number of hydrogen-bond donors (Lipinski definition) is 1. The summed E-state index contributed by atoms with van der Waals surface area (Å²) in [6, 6.07) is 4.05. The first kappa shape index (κ1) is 13.1. The Labute approximate surface area is 112 Å². The fraction of sp³-hybridized carbons (Fsp3) is 0.357. The second-order valence-electron chi connectivity index (χ2n) is 4.33. The average molecular weight is 265 g/mol. The largest absolute Gasteiger partial charge is 0.453 e. The molecule has 0 aliphatic heterocycles. The van der Waals surface area contributed by atoms with Gasteiger partial charge in [0.1, 0.15) is 0 Å². The van der Waals surface area contributed by atoms with Crippen molar-refractivity contribution >= 4 is 11.6 Å². The average Bonchev–Trinajstić information content (AvgIpc) is 2.77. The van der Waals surface area contributed by atoms with Gasteiger partial charge in [-0.3, -0.25) is 4.98 Å². The molecule has 0 radical (unpaired) electrons. The molecule has 0 aromatic carbocycles. The second-order valence-corrected chi connectivity index (χ2v) is 4.68. The number of halogens is 1. The number of rotatable bonds is 5. The van der Waals surface area contributed by atoms with E-state index in [-0.39, 0.29) is 6.04 Å². The lowest BCUT2D eigenvalue weighted by Crippen LogP contribution is -2.23. The van der Waals surface area contributed by atoms with E-state index < -0.39 is 0 Å². The van der Waals surface area contributed by atoms with Gasteiger partial charge in [-0.25, -0.2) is 0 Å². The molecule has 2 aromatic rings. The highest BCUT2D eigenvalue weighted by Crippen LogP contribution is 2.29. The number of furan rings is 1. The van der Waals surface area contributed by atoms with Crippen LogP contribution in [-0.2, 0) is 0 Å². The number of pyridine rings is 1. The van der Waals surface area contributed by atoms with Gasteiger partial charge in [0.15, 0.2) is 5.22 Å². The van der Waals surface area contributed by atoms with E-state index in [0.717, 1.165) is 29.7 Å². The quantitative estimate of drug-likeness (QED) is 0.894. The Balaban J connectivity index is 2.33. The lowest BCUT2D eigenvalue weighted by molar-refractivity contribution is 0.550. The molecule has 4 heteroatoms. The van der Waals surface area contributed by atoms with E-state index in [1.807, 2.05) is 25.4 Å². The highest BCUT2D eigenvalue weighted by Gasteiger charge is 2.18. The van der Waals surface area contributed by atoms with Crippen LogP contribution in [0.5, 0.6) is 0 Å². The first-order valence-electron chi connectivity index (χ1n) is 6.10. The van der Waals surface area contributed by atoms with Crippen LogP contribution in [0.4, 0.5) is 0 Å². The van der Waals surface area contributed by atoms with Crippen molar-refractivity contribution in [3.8, 4) is 0 Å². The van der Waals surface area contributed by atoms with Gasteiger partial charge in [-0.2, -0.15) is 0 Å². The van der Waals surface area contributed by atoms with Gasteiger partial charge >= 0.3 is 0 Å². The van der Waals surface area contributed by atoms with Crippen LogP contribution in [0.1, 0.15) is 36.1 Å². The van der Waals surface area contributed by atoms with Crippen LogP contribution in [0.2, 0.25) is 5.22 Å². The summed E-state index contributed by atoms with van der Waals surface area (Å²) in [5.41, 5.74) is 3.19. The number of hydrogen-bond acceptors (Lipinski definition) is 3. The van der Waals surface area contributed by atoms with Crippen LogP contribution in [0.3, 0.4) is 0 Å². The highest BCUT2D eigenvalue weighted by molar-refractivity contribution is 6.29. The zero-order valence-electron chi connectivity index (χ0n) is 10.6. The topological polar surface area (TPSA) is 38.1 Å². The molecule has 18 heavy (non-hydrogen) atoms. The zero-order chi connectivity index (χ0) is 13.0. The predicted octanol–water partition coefficient (Wildman–Crippen LogP) is 3.73. The third-order valence-electron chi connectivity index (χ3n) is 2.78. The summed E-state index contributed by atoms with van der Waals surface area (Å²) >= 11 is 6.08. The van der Waals surface area contributed by atoms with Gasteiger partial charge in [0.25, 0.3) is 0 Å². The van der Waals surface area contributed by atoms with Gasteiger partial charge in [-0.15, -0.1) is 0 Å². The van der Waals surface area contributed by atoms with E-state index in [4.69, 9.17) is 16.0 Å². The van der Waals surface area contributed by atoms with E-state index >= 15 is 0 Å². The lowest BCUT2D eigenvalue weighted by atomic mass is 10.0. The monoisotopic (exact) mass is 264 g/mol. The molecule has 96 valence electrons. The Morgan fingerprint density at radius 1 is 1.44 bits per heavy atom. The molecular formula is C14H17ClN2O. The minimum absolute atomic E-state index is 0.0311. The maximum absolute atomic E-state index is 6.08. The van der Waals surface area contributed by atoms with E-state index in [2.05, 4.69) is 23.3 Å². The molecule has 1 N–H and O–H groups in total. The van der Waals surface area contributed by atoms with Gasteiger partial charge in [0.2, 0.25) is 0 Å². The maximum Gasteiger partial charge on any atom is 0.198 e. The van der Waals surface area contributed by atoms with E-state index in [1.54, 1.807) is 6.26 Å². The molecule has 0 fully saturated rings. The summed E-state index contributed by atoms with van der Waals surface area (Å²) in [4.78, 5) is 4.24. The summed E-state index contributed by atoms with van der Waals surface area (Å²) in [6.45, 7) is 5.08. The summed E-state index contributed by atoms with van der Waals surface area (Å²) < 4.78 is 5.18. The molecule has 0 saturated carbocycles. The van der Waals surface area contributed by atoms with Crippen molar-refractivity contribution in [1.82, 2.24) is 10.3 Å². The summed E-state index contributed by atoms with van der Waals surface area (Å²) in [5, 5.41) is 3.91. The highest BCUT2D eigenvalue weighted by atomic mass is 35.5. The first-order valence-corrected chi connectivity index (χ1v) is 6.48. The summed E-state index contributed by atoms with van der Waals surface area (Å²) in [7, 11) is 0. The molecule has 0 bridgehead atoms. The molecular weight excluding hydrogens is 248 g/mol. The van der Waals surface area contributed by atoms with Crippen LogP contribution in [0.15, 0.2) is 35.2 Å². The lowest BCUT2D eigenvalue weighted by Gasteiger charge is -2.18.